The van der Waals surface area contributed by atoms with E-state index < -0.39 is 11.8 Å². The Morgan fingerprint density at radius 1 is 1.32 bits per heavy atom. The third-order valence-corrected chi connectivity index (χ3v) is 2.45. The fraction of sp³-hybridized carbons (Fsp3) is 0.286. The summed E-state index contributed by atoms with van der Waals surface area (Å²) in [5.74, 6) is -0.511. The Labute approximate surface area is 112 Å². The van der Waals surface area contributed by atoms with Gasteiger partial charge in [0, 0.05) is 13.1 Å². The molecule has 0 aliphatic rings. The van der Waals surface area contributed by atoms with E-state index in [1.807, 2.05) is 24.3 Å². The summed E-state index contributed by atoms with van der Waals surface area (Å²) in [5, 5.41) is 4.96. The Kier molecular flexibility index (Phi) is 6.15. The molecule has 1 rings (SSSR count). The molecule has 5 heteroatoms. The van der Waals surface area contributed by atoms with Crippen LogP contribution in [0.4, 0.5) is 0 Å². The second kappa shape index (κ2) is 7.92. The Hall–Kier alpha value is -2.30. The summed E-state index contributed by atoms with van der Waals surface area (Å²) < 4.78 is 5.10. The first-order valence-corrected chi connectivity index (χ1v) is 5.97. The van der Waals surface area contributed by atoms with Gasteiger partial charge in [0.15, 0.2) is 0 Å². The molecule has 1 aromatic rings. The predicted octanol–water partition coefficient (Wildman–Crippen LogP) is 0.656. The van der Waals surface area contributed by atoms with Crippen molar-refractivity contribution in [2.24, 2.45) is 0 Å². The van der Waals surface area contributed by atoms with Crippen molar-refractivity contribution in [3.63, 3.8) is 0 Å². The smallest absolute Gasteiger partial charge is 0.309 e. The van der Waals surface area contributed by atoms with Gasteiger partial charge < -0.3 is 15.4 Å². The molecule has 0 fully saturated rings. The lowest BCUT2D eigenvalue weighted by molar-refractivity contribution is -0.139. The lowest BCUT2D eigenvalue weighted by Gasteiger charge is -2.06. The highest BCUT2D eigenvalue weighted by Crippen LogP contribution is 2.12. The fourth-order valence-corrected chi connectivity index (χ4v) is 1.47. The number of hydrogen-bond acceptors (Lipinski definition) is 3. The highest BCUT2D eigenvalue weighted by Gasteiger charge is 2.10. The first-order valence-electron chi connectivity index (χ1n) is 5.97. The molecule has 2 N–H and O–H groups in total. The third-order valence-electron chi connectivity index (χ3n) is 2.45. The Morgan fingerprint density at radius 3 is 2.74 bits per heavy atom. The van der Waals surface area contributed by atoms with Crippen LogP contribution in [0.1, 0.15) is 5.56 Å². The minimum Gasteiger partial charge on any atom is -0.497 e. The van der Waals surface area contributed by atoms with Crippen LogP contribution in [0, 0.1) is 0 Å². The van der Waals surface area contributed by atoms with Crippen LogP contribution in [-0.2, 0) is 16.0 Å². The number of methoxy groups -OCH3 is 1. The number of rotatable bonds is 6. The van der Waals surface area contributed by atoms with E-state index in [4.69, 9.17) is 4.74 Å². The number of hydrogen-bond donors (Lipinski definition) is 2. The fourth-order valence-electron chi connectivity index (χ4n) is 1.47. The van der Waals surface area contributed by atoms with Crippen molar-refractivity contribution < 1.29 is 14.3 Å². The monoisotopic (exact) mass is 262 g/mol. The Bertz CT molecular complexity index is 458. The van der Waals surface area contributed by atoms with Crippen molar-refractivity contribution in [1.29, 1.82) is 0 Å². The van der Waals surface area contributed by atoms with Crippen LogP contribution in [0.5, 0.6) is 5.75 Å². The second-order valence-corrected chi connectivity index (χ2v) is 3.86. The molecule has 0 bridgehead atoms. The molecule has 0 unspecified atom stereocenters. The second-order valence-electron chi connectivity index (χ2n) is 3.86. The molecule has 0 saturated carbocycles. The molecule has 0 aromatic heterocycles. The molecule has 0 aliphatic carbocycles. The molecule has 1 aromatic carbocycles. The van der Waals surface area contributed by atoms with Crippen LogP contribution < -0.4 is 15.4 Å². The van der Waals surface area contributed by atoms with Gasteiger partial charge in [-0.05, 0) is 24.1 Å². The zero-order valence-electron chi connectivity index (χ0n) is 10.9. The minimum absolute atomic E-state index is 0.280. The molecule has 19 heavy (non-hydrogen) atoms. The van der Waals surface area contributed by atoms with Gasteiger partial charge in [-0.15, -0.1) is 6.58 Å². The molecule has 0 heterocycles. The topological polar surface area (TPSA) is 67.4 Å². The lowest BCUT2D eigenvalue weighted by Crippen LogP contribution is -2.40. The van der Waals surface area contributed by atoms with E-state index in [0.717, 1.165) is 11.3 Å². The summed E-state index contributed by atoms with van der Waals surface area (Å²) >= 11 is 0. The summed E-state index contributed by atoms with van der Waals surface area (Å²) in [6.07, 6.45) is 2.15. The molecular weight excluding hydrogens is 244 g/mol. The van der Waals surface area contributed by atoms with Crippen molar-refractivity contribution in [3.8, 4) is 5.75 Å². The van der Waals surface area contributed by atoms with E-state index in [-0.39, 0.29) is 6.54 Å². The normalized spacial score (nSPS) is 9.53. The van der Waals surface area contributed by atoms with Crippen molar-refractivity contribution >= 4 is 11.8 Å². The number of ether oxygens (including phenoxy) is 1. The van der Waals surface area contributed by atoms with Crippen molar-refractivity contribution in [1.82, 2.24) is 10.6 Å². The number of benzene rings is 1. The molecule has 0 atom stereocenters. The maximum Gasteiger partial charge on any atom is 0.309 e. The molecule has 2 amide bonds. The van der Waals surface area contributed by atoms with E-state index >= 15 is 0 Å². The van der Waals surface area contributed by atoms with E-state index in [2.05, 4.69) is 17.2 Å². The van der Waals surface area contributed by atoms with Crippen molar-refractivity contribution in [2.75, 3.05) is 20.2 Å². The summed E-state index contributed by atoms with van der Waals surface area (Å²) in [4.78, 5) is 22.6. The van der Waals surface area contributed by atoms with Crippen molar-refractivity contribution in [3.05, 3.63) is 42.5 Å². The van der Waals surface area contributed by atoms with Crippen LogP contribution in [0.3, 0.4) is 0 Å². The Balaban J connectivity index is 2.35. The van der Waals surface area contributed by atoms with Crippen LogP contribution in [-0.4, -0.2) is 32.0 Å². The van der Waals surface area contributed by atoms with Gasteiger partial charge in [-0.3, -0.25) is 9.59 Å². The van der Waals surface area contributed by atoms with Gasteiger partial charge in [0.25, 0.3) is 0 Å². The summed E-state index contributed by atoms with van der Waals surface area (Å²) in [6.45, 7) is 4.13. The highest BCUT2D eigenvalue weighted by molar-refractivity contribution is 6.35. The SMILES string of the molecule is C=CCNC(=O)C(=O)NCCc1cccc(OC)c1. The predicted molar refractivity (Wildman–Crippen MR) is 72.9 cm³/mol. The molecule has 0 radical (unpaired) electrons. The number of carbonyl (C=O) groups is 2. The van der Waals surface area contributed by atoms with Crippen LogP contribution >= 0.6 is 0 Å². The van der Waals surface area contributed by atoms with Crippen LogP contribution in [0.15, 0.2) is 36.9 Å². The van der Waals surface area contributed by atoms with Gasteiger partial charge in [0.05, 0.1) is 7.11 Å². The first-order chi connectivity index (χ1) is 9.17. The number of carbonyl (C=O) groups excluding carboxylic acids is 2. The largest absolute Gasteiger partial charge is 0.497 e. The maximum atomic E-state index is 11.4. The number of amides is 2. The first kappa shape index (κ1) is 14.8. The van der Waals surface area contributed by atoms with E-state index in [1.54, 1.807) is 7.11 Å². The molecule has 0 aliphatic heterocycles. The molecule has 0 saturated heterocycles. The minimum atomic E-state index is -0.648. The third kappa shape index (κ3) is 5.25. The molecule has 5 nitrogen and oxygen atoms in total. The van der Waals surface area contributed by atoms with Gasteiger partial charge >= 0.3 is 11.8 Å². The van der Waals surface area contributed by atoms with E-state index in [1.165, 1.54) is 6.08 Å². The summed E-state index contributed by atoms with van der Waals surface area (Å²) in [6, 6.07) is 7.56. The average molecular weight is 262 g/mol. The molecular formula is C14H18N2O3. The quantitative estimate of drug-likeness (QED) is 0.584. The van der Waals surface area contributed by atoms with Gasteiger partial charge in [-0.1, -0.05) is 18.2 Å². The number of nitrogens with one attached hydrogen (secondary N) is 2. The zero-order chi connectivity index (χ0) is 14.1. The van der Waals surface area contributed by atoms with Gasteiger partial charge in [-0.25, -0.2) is 0 Å². The van der Waals surface area contributed by atoms with E-state index in [0.29, 0.717) is 13.0 Å². The maximum absolute atomic E-state index is 11.4. The van der Waals surface area contributed by atoms with Gasteiger partial charge in [0.2, 0.25) is 0 Å². The average Bonchev–Trinajstić information content (AvgIpc) is 2.44. The summed E-state index contributed by atoms with van der Waals surface area (Å²) in [5.41, 5.74) is 1.03. The van der Waals surface area contributed by atoms with Crippen LogP contribution in [0.2, 0.25) is 0 Å². The zero-order valence-corrected chi connectivity index (χ0v) is 10.9. The Morgan fingerprint density at radius 2 is 2.05 bits per heavy atom. The van der Waals surface area contributed by atoms with Crippen molar-refractivity contribution in [2.45, 2.75) is 6.42 Å². The molecule has 102 valence electrons. The summed E-state index contributed by atoms with van der Waals surface area (Å²) in [7, 11) is 1.60. The highest BCUT2D eigenvalue weighted by atomic mass is 16.5. The standard InChI is InChI=1S/C14H18N2O3/c1-3-8-15-13(17)14(18)16-9-7-11-5-4-6-12(10-11)19-2/h3-6,10H,1,7-9H2,2H3,(H,15,17)(H,16,18). The molecule has 0 spiro atoms. The van der Waals surface area contributed by atoms with Gasteiger partial charge in [0.1, 0.15) is 5.75 Å². The van der Waals surface area contributed by atoms with Crippen LogP contribution in [0.25, 0.3) is 0 Å². The van der Waals surface area contributed by atoms with Gasteiger partial charge in [-0.2, -0.15) is 0 Å². The lowest BCUT2D eigenvalue weighted by atomic mass is 10.1. The van der Waals surface area contributed by atoms with E-state index in [9.17, 15) is 9.59 Å².